The molecule has 4 aromatic rings. The summed E-state index contributed by atoms with van der Waals surface area (Å²) in [6.45, 7) is 2.50. The van der Waals surface area contributed by atoms with Gasteiger partial charge in [0, 0.05) is 18.3 Å². The van der Waals surface area contributed by atoms with Gasteiger partial charge in [-0.1, -0.05) is 25.8 Å². The zero-order chi connectivity index (χ0) is 22.7. The van der Waals surface area contributed by atoms with Gasteiger partial charge in [-0.05, 0) is 48.9 Å². The fourth-order valence-corrected chi connectivity index (χ4v) is 3.57. The third kappa shape index (κ3) is 3.93. The summed E-state index contributed by atoms with van der Waals surface area (Å²) in [7, 11) is 0. The minimum atomic E-state index is -0.609. The molecule has 0 aliphatic rings. The molecule has 4 rings (SSSR count). The van der Waals surface area contributed by atoms with Crippen molar-refractivity contribution in [1.82, 2.24) is 14.0 Å². The van der Waals surface area contributed by atoms with Crippen LogP contribution in [0.4, 0.5) is 4.39 Å². The average Bonchev–Trinajstić information content (AvgIpc) is 2.81. The highest BCUT2D eigenvalue weighted by Gasteiger charge is 2.15. The Kier molecular flexibility index (Phi) is 5.90. The van der Waals surface area contributed by atoms with Gasteiger partial charge in [0.2, 0.25) is 0 Å². The van der Waals surface area contributed by atoms with E-state index in [1.165, 1.54) is 34.7 Å². The first kappa shape index (κ1) is 21.1. The van der Waals surface area contributed by atoms with Crippen molar-refractivity contribution in [2.24, 2.45) is 4.99 Å². The van der Waals surface area contributed by atoms with Crippen molar-refractivity contribution in [2.45, 2.75) is 32.7 Å². The zero-order valence-electron chi connectivity index (χ0n) is 17.5. The maximum absolute atomic E-state index is 13.2. The SMILES string of the molecule is CCCCCn1c(=NC(=O)c2ccc(F)cc2)c(C#N)cc2c(=O)n3ccccc3nc21. The number of nitrogens with zero attached hydrogens (tertiary/aromatic N) is 5. The minimum absolute atomic E-state index is 0.0965. The Morgan fingerprint density at radius 2 is 1.97 bits per heavy atom. The van der Waals surface area contributed by atoms with E-state index in [4.69, 9.17) is 0 Å². The average molecular weight is 429 g/mol. The van der Waals surface area contributed by atoms with Crippen LogP contribution in [0.5, 0.6) is 0 Å². The molecule has 0 N–H and O–H groups in total. The summed E-state index contributed by atoms with van der Waals surface area (Å²) in [5.41, 5.74) is 0.943. The Hall–Kier alpha value is -4.12. The number of amides is 1. The molecule has 0 fully saturated rings. The molecule has 0 atom stereocenters. The zero-order valence-corrected chi connectivity index (χ0v) is 17.5. The lowest BCUT2D eigenvalue weighted by molar-refractivity contribution is 0.0997. The van der Waals surface area contributed by atoms with Crippen molar-refractivity contribution in [1.29, 1.82) is 5.26 Å². The lowest BCUT2D eigenvalue weighted by Crippen LogP contribution is -2.29. The number of rotatable bonds is 5. The Bertz CT molecular complexity index is 1490. The first-order chi connectivity index (χ1) is 15.5. The number of hydrogen-bond donors (Lipinski definition) is 0. The highest BCUT2D eigenvalue weighted by Crippen LogP contribution is 2.12. The molecular formula is C24H20FN5O2. The van der Waals surface area contributed by atoms with E-state index in [0.717, 1.165) is 19.3 Å². The molecule has 7 nitrogen and oxygen atoms in total. The van der Waals surface area contributed by atoms with Gasteiger partial charge in [-0.15, -0.1) is 0 Å². The second-order valence-corrected chi connectivity index (χ2v) is 7.36. The van der Waals surface area contributed by atoms with Crippen molar-refractivity contribution in [3.63, 3.8) is 0 Å². The van der Waals surface area contributed by atoms with Gasteiger partial charge in [0.1, 0.15) is 23.2 Å². The van der Waals surface area contributed by atoms with Gasteiger partial charge in [-0.3, -0.25) is 14.0 Å². The van der Waals surface area contributed by atoms with E-state index in [-0.39, 0.29) is 27.6 Å². The molecule has 3 aromatic heterocycles. The smallest absolute Gasteiger partial charge is 0.278 e. The molecule has 0 bridgehead atoms. The van der Waals surface area contributed by atoms with Crippen LogP contribution in [0.2, 0.25) is 0 Å². The highest BCUT2D eigenvalue weighted by atomic mass is 19.1. The number of unbranched alkanes of at least 4 members (excludes halogenated alkanes) is 2. The number of carbonyl (C=O) groups excluding carboxylic acids is 1. The molecule has 1 aromatic carbocycles. The molecular weight excluding hydrogens is 409 g/mol. The maximum atomic E-state index is 13.2. The Labute approximate surface area is 182 Å². The largest absolute Gasteiger partial charge is 0.309 e. The highest BCUT2D eigenvalue weighted by molar-refractivity contribution is 5.95. The van der Waals surface area contributed by atoms with E-state index in [1.54, 1.807) is 29.0 Å². The molecule has 0 saturated carbocycles. The van der Waals surface area contributed by atoms with Crippen molar-refractivity contribution < 1.29 is 9.18 Å². The maximum Gasteiger partial charge on any atom is 0.278 e. The van der Waals surface area contributed by atoms with Crippen LogP contribution in [0.25, 0.3) is 16.7 Å². The number of halogens is 1. The Balaban J connectivity index is 2.04. The number of aryl methyl sites for hydroxylation is 1. The summed E-state index contributed by atoms with van der Waals surface area (Å²) in [6.07, 6.45) is 4.27. The minimum Gasteiger partial charge on any atom is -0.309 e. The predicted molar refractivity (Wildman–Crippen MR) is 117 cm³/mol. The van der Waals surface area contributed by atoms with Crippen molar-refractivity contribution >= 4 is 22.6 Å². The number of aromatic nitrogens is 3. The molecule has 8 heteroatoms. The van der Waals surface area contributed by atoms with Crippen molar-refractivity contribution in [3.05, 3.63) is 87.5 Å². The normalized spacial score (nSPS) is 11.7. The van der Waals surface area contributed by atoms with Crippen LogP contribution >= 0.6 is 0 Å². The molecule has 0 saturated heterocycles. The molecule has 0 unspecified atom stereocenters. The van der Waals surface area contributed by atoms with Crippen LogP contribution in [-0.4, -0.2) is 19.9 Å². The van der Waals surface area contributed by atoms with Crippen LogP contribution in [0.15, 0.2) is 64.5 Å². The molecule has 0 radical (unpaired) electrons. The third-order valence-electron chi connectivity index (χ3n) is 5.19. The van der Waals surface area contributed by atoms with E-state index in [1.807, 2.05) is 0 Å². The quantitative estimate of drug-likeness (QED) is 0.358. The molecule has 1 amide bonds. The van der Waals surface area contributed by atoms with Crippen LogP contribution in [0.3, 0.4) is 0 Å². The summed E-state index contributed by atoms with van der Waals surface area (Å²) in [5.74, 6) is -1.07. The lowest BCUT2D eigenvalue weighted by Gasteiger charge is -2.13. The summed E-state index contributed by atoms with van der Waals surface area (Å²) in [5, 5.41) is 10.1. The van der Waals surface area contributed by atoms with Gasteiger partial charge < -0.3 is 4.57 Å². The molecule has 160 valence electrons. The number of hydrogen-bond acceptors (Lipinski definition) is 4. The predicted octanol–water partition coefficient (Wildman–Crippen LogP) is 3.59. The number of pyridine rings is 2. The molecule has 0 aliphatic carbocycles. The van der Waals surface area contributed by atoms with E-state index in [9.17, 15) is 19.2 Å². The molecule has 0 spiro atoms. The molecule has 0 aliphatic heterocycles. The number of fused-ring (bicyclic) bond motifs is 2. The topological polar surface area (TPSA) is 92.5 Å². The van der Waals surface area contributed by atoms with Crippen LogP contribution in [0.1, 0.15) is 42.1 Å². The van der Waals surface area contributed by atoms with Crippen molar-refractivity contribution in [3.8, 4) is 6.07 Å². The lowest BCUT2D eigenvalue weighted by atomic mass is 10.2. The van der Waals surface area contributed by atoms with E-state index in [2.05, 4.69) is 23.0 Å². The summed E-state index contributed by atoms with van der Waals surface area (Å²) < 4.78 is 16.3. The standard InChI is InChI=1S/C24H20FN5O2/c1-2-3-5-13-30-21(28-23(31)16-8-10-18(25)11-9-16)17(15-26)14-19-22(30)27-20-7-4-6-12-29(20)24(19)32/h4,6-12,14H,2-3,5,13H2,1H3. The monoisotopic (exact) mass is 429 g/mol. The fourth-order valence-electron chi connectivity index (χ4n) is 3.57. The summed E-state index contributed by atoms with van der Waals surface area (Å²) >= 11 is 0. The van der Waals surface area contributed by atoms with Crippen molar-refractivity contribution in [2.75, 3.05) is 0 Å². The van der Waals surface area contributed by atoms with Crippen LogP contribution in [-0.2, 0) is 6.54 Å². The summed E-state index contributed by atoms with van der Waals surface area (Å²) in [4.78, 5) is 34.7. The van der Waals surface area contributed by atoms with Crippen LogP contribution in [0, 0.1) is 17.1 Å². The molecule has 32 heavy (non-hydrogen) atoms. The van der Waals surface area contributed by atoms with Gasteiger partial charge in [0.15, 0.2) is 5.49 Å². The fraction of sp³-hybridized carbons (Fsp3) is 0.208. The third-order valence-corrected chi connectivity index (χ3v) is 5.19. The molecule has 3 heterocycles. The number of nitriles is 1. The van der Waals surface area contributed by atoms with Gasteiger partial charge in [-0.25, -0.2) is 9.37 Å². The summed E-state index contributed by atoms with van der Waals surface area (Å²) in [6, 6.07) is 13.8. The van der Waals surface area contributed by atoms with E-state index >= 15 is 0 Å². The van der Waals surface area contributed by atoms with Gasteiger partial charge in [0.05, 0.1) is 10.9 Å². The van der Waals surface area contributed by atoms with Gasteiger partial charge >= 0.3 is 0 Å². The Morgan fingerprint density at radius 1 is 1.19 bits per heavy atom. The van der Waals surface area contributed by atoms with Gasteiger partial charge in [-0.2, -0.15) is 10.3 Å². The Morgan fingerprint density at radius 3 is 2.69 bits per heavy atom. The van der Waals surface area contributed by atoms with Crippen LogP contribution < -0.4 is 11.0 Å². The van der Waals surface area contributed by atoms with E-state index in [0.29, 0.717) is 17.8 Å². The van der Waals surface area contributed by atoms with E-state index < -0.39 is 11.7 Å². The first-order valence-electron chi connectivity index (χ1n) is 10.3. The number of benzene rings is 1. The number of carbonyl (C=O) groups is 1. The van der Waals surface area contributed by atoms with Gasteiger partial charge in [0.25, 0.3) is 11.5 Å². The second-order valence-electron chi connectivity index (χ2n) is 7.36. The second kappa shape index (κ2) is 8.94. The first-order valence-corrected chi connectivity index (χ1v) is 10.3.